The first-order chi connectivity index (χ1) is 10.2. The van der Waals surface area contributed by atoms with Crippen molar-refractivity contribution in [2.75, 3.05) is 49.9 Å². The standard InChI is InChI=1S/C15H21N5O/c16-6-3-7-18-15(21)12-19-8-10-20(11-9-19)14-5-2-1-4-13(14)17/h1-2,4-5H,3,7-12,17H2,(H,18,21). The quantitative estimate of drug-likeness (QED) is 0.605. The van der Waals surface area contributed by atoms with Crippen molar-refractivity contribution < 1.29 is 4.79 Å². The Morgan fingerprint density at radius 3 is 2.67 bits per heavy atom. The second-order valence-corrected chi connectivity index (χ2v) is 5.08. The first-order valence-electron chi connectivity index (χ1n) is 7.16. The van der Waals surface area contributed by atoms with E-state index < -0.39 is 0 Å². The van der Waals surface area contributed by atoms with Crippen LogP contribution in [0.1, 0.15) is 6.42 Å². The monoisotopic (exact) mass is 287 g/mol. The molecule has 0 aromatic heterocycles. The number of benzene rings is 1. The van der Waals surface area contributed by atoms with Crippen LogP contribution in [0.25, 0.3) is 0 Å². The van der Waals surface area contributed by atoms with Gasteiger partial charge in [-0.25, -0.2) is 0 Å². The second-order valence-electron chi connectivity index (χ2n) is 5.08. The summed E-state index contributed by atoms with van der Waals surface area (Å²) in [6.07, 6.45) is 0.354. The molecule has 0 radical (unpaired) electrons. The Bertz CT molecular complexity index is 517. The molecule has 0 spiro atoms. The van der Waals surface area contributed by atoms with Crippen molar-refractivity contribution in [3.63, 3.8) is 0 Å². The molecule has 0 saturated carbocycles. The number of anilines is 2. The van der Waals surface area contributed by atoms with Crippen molar-refractivity contribution in [1.29, 1.82) is 5.26 Å². The molecule has 1 amide bonds. The normalized spacial score (nSPS) is 15.5. The largest absolute Gasteiger partial charge is 0.397 e. The molecule has 1 fully saturated rings. The predicted octanol–water partition coefficient (Wildman–Crippen LogP) is 0.421. The number of piperazine rings is 1. The van der Waals surface area contributed by atoms with Crippen molar-refractivity contribution in [3.8, 4) is 6.07 Å². The maximum atomic E-state index is 11.7. The third-order valence-corrected chi connectivity index (χ3v) is 3.58. The van der Waals surface area contributed by atoms with Crippen molar-refractivity contribution >= 4 is 17.3 Å². The maximum Gasteiger partial charge on any atom is 0.234 e. The maximum absolute atomic E-state index is 11.7. The Labute approximate surface area is 125 Å². The molecule has 0 bridgehead atoms. The molecule has 2 rings (SSSR count). The highest BCUT2D eigenvalue weighted by molar-refractivity contribution is 5.78. The van der Waals surface area contributed by atoms with Gasteiger partial charge in [0.05, 0.1) is 30.4 Å². The lowest BCUT2D eigenvalue weighted by Gasteiger charge is -2.36. The number of nitrogens with one attached hydrogen (secondary N) is 1. The molecule has 1 aliphatic rings. The summed E-state index contributed by atoms with van der Waals surface area (Å²) in [4.78, 5) is 16.1. The highest BCUT2D eigenvalue weighted by Gasteiger charge is 2.19. The van der Waals surface area contributed by atoms with E-state index in [2.05, 4.69) is 15.1 Å². The summed E-state index contributed by atoms with van der Waals surface area (Å²) >= 11 is 0. The molecule has 1 heterocycles. The molecule has 1 aliphatic heterocycles. The molecule has 21 heavy (non-hydrogen) atoms. The number of para-hydroxylation sites is 2. The van der Waals surface area contributed by atoms with E-state index >= 15 is 0 Å². The molecule has 6 heteroatoms. The summed E-state index contributed by atoms with van der Waals surface area (Å²) in [5.74, 6) is -0.0158. The van der Waals surface area contributed by atoms with Crippen LogP contribution in [0.5, 0.6) is 0 Å². The fourth-order valence-electron chi connectivity index (χ4n) is 2.44. The lowest BCUT2D eigenvalue weighted by molar-refractivity contribution is -0.122. The molecule has 112 valence electrons. The van der Waals surface area contributed by atoms with E-state index in [1.54, 1.807) is 0 Å². The zero-order valence-electron chi connectivity index (χ0n) is 12.1. The van der Waals surface area contributed by atoms with Crippen molar-refractivity contribution in [2.24, 2.45) is 0 Å². The van der Waals surface area contributed by atoms with Gasteiger partial charge in [-0.2, -0.15) is 5.26 Å². The number of hydrogen-bond donors (Lipinski definition) is 2. The number of carbonyl (C=O) groups excluding carboxylic acids is 1. The van der Waals surface area contributed by atoms with Gasteiger partial charge in [-0.1, -0.05) is 12.1 Å². The van der Waals surface area contributed by atoms with Crippen LogP contribution in [-0.4, -0.2) is 50.1 Å². The van der Waals surface area contributed by atoms with Gasteiger partial charge < -0.3 is 16.0 Å². The lowest BCUT2D eigenvalue weighted by atomic mass is 10.2. The van der Waals surface area contributed by atoms with Crippen LogP contribution in [0.15, 0.2) is 24.3 Å². The molecular formula is C15H21N5O. The van der Waals surface area contributed by atoms with Crippen LogP contribution in [0.2, 0.25) is 0 Å². The molecule has 1 saturated heterocycles. The van der Waals surface area contributed by atoms with E-state index in [-0.39, 0.29) is 5.91 Å². The van der Waals surface area contributed by atoms with Gasteiger partial charge in [-0.3, -0.25) is 9.69 Å². The van der Waals surface area contributed by atoms with Crippen molar-refractivity contribution in [1.82, 2.24) is 10.2 Å². The fourth-order valence-corrected chi connectivity index (χ4v) is 2.44. The smallest absolute Gasteiger partial charge is 0.234 e. The number of rotatable bonds is 5. The van der Waals surface area contributed by atoms with Crippen LogP contribution in [0, 0.1) is 11.3 Å². The van der Waals surface area contributed by atoms with Gasteiger partial charge in [-0.05, 0) is 12.1 Å². The summed E-state index contributed by atoms with van der Waals surface area (Å²) in [7, 11) is 0. The minimum atomic E-state index is -0.0158. The Balaban J connectivity index is 1.77. The molecular weight excluding hydrogens is 266 g/mol. The second kappa shape index (κ2) is 7.50. The van der Waals surface area contributed by atoms with Gasteiger partial charge in [0.2, 0.25) is 5.91 Å². The summed E-state index contributed by atoms with van der Waals surface area (Å²) in [5.41, 5.74) is 7.85. The Morgan fingerprint density at radius 1 is 1.29 bits per heavy atom. The topological polar surface area (TPSA) is 85.4 Å². The zero-order chi connectivity index (χ0) is 15.1. The van der Waals surface area contributed by atoms with Crippen LogP contribution in [-0.2, 0) is 4.79 Å². The molecule has 0 unspecified atom stereocenters. The molecule has 3 N–H and O–H groups in total. The number of hydrogen-bond acceptors (Lipinski definition) is 5. The molecule has 1 aromatic carbocycles. The summed E-state index contributed by atoms with van der Waals surface area (Å²) in [6, 6.07) is 9.86. The minimum absolute atomic E-state index is 0.0158. The number of nitrogens with two attached hydrogens (primary N) is 1. The number of nitrogens with zero attached hydrogens (tertiary/aromatic N) is 3. The number of amides is 1. The van der Waals surface area contributed by atoms with Crippen LogP contribution < -0.4 is 16.0 Å². The minimum Gasteiger partial charge on any atom is -0.397 e. The van der Waals surface area contributed by atoms with E-state index in [1.807, 2.05) is 30.3 Å². The van der Waals surface area contributed by atoms with E-state index in [0.717, 1.165) is 37.6 Å². The van der Waals surface area contributed by atoms with Gasteiger partial charge in [0.25, 0.3) is 0 Å². The van der Waals surface area contributed by atoms with Crippen molar-refractivity contribution in [2.45, 2.75) is 6.42 Å². The average molecular weight is 287 g/mol. The first kappa shape index (κ1) is 15.1. The molecule has 0 atom stereocenters. The van der Waals surface area contributed by atoms with E-state index in [1.165, 1.54) is 0 Å². The molecule has 0 aliphatic carbocycles. The zero-order valence-corrected chi connectivity index (χ0v) is 12.1. The SMILES string of the molecule is N#CCCNC(=O)CN1CCN(c2ccccc2N)CC1. The molecule has 1 aromatic rings. The van der Waals surface area contributed by atoms with Crippen LogP contribution >= 0.6 is 0 Å². The van der Waals surface area contributed by atoms with Gasteiger partial charge in [-0.15, -0.1) is 0 Å². The summed E-state index contributed by atoms with van der Waals surface area (Å²) < 4.78 is 0. The van der Waals surface area contributed by atoms with E-state index in [9.17, 15) is 4.79 Å². The summed E-state index contributed by atoms with van der Waals surface area (Å²) in [5, 5.41) is 11.2. The molecule has 6 nitrogen and oxygen atoms in total. The lowest BCUT2D eigenvalue weighted by Crippen LogP contribution is -2.49. The average Bonchev–Trinajstić information content (AvgIpc) is 2.49. The van der Waals surface area contributed by atoms with Gasteiger partial charge in [0.15, 0.2) is 0 Å². The number of carbonyl (C=O) groups is 1. The fraction of sp³-hybridized carbons (Fsp3) is 0.467. The van der Waals surface area contributed by atoms with E-state index in [0.29, 0.717) is 19.5 Å². The Morgan fingerprint density at radius 2 is 2.00 bits per heavy atom. The van der Waals surface area contributed by atoms with Crippen LogP contribution in [0.4, 0.5) is 11.4 Å². The van der Waals surface area contributed by atoms with Crippen LogP contribution in [0.3, 0.4) is 0 Å². The first-order valence-corrected chi connectivity index (χ1v) is 7.16. The number of nitriles is 1. The van der Waals surface area contributed by atoms with Crippen molar-refractivity contribution in [3.05, 3.63) is 24.3 Å². The highest BCUT2D eigenvalue weighted by atomic mass is 16.2. The Kier molecular flexibility index (Phi) is 5.41. The van der Waals surface area contributed by atoms with Gasteiger partial charge in [0, 0.05) is 32.7 Å². The third kappa shape index (κ3) is 4.36. The number of nitrogen functional groups attached to an aromatic ring is 1. The predicted molar refractivity (Wildman–Crippen MR) is 82.7 cm³/mol. The van der Waals surface area contributed by atoms with E-state index in [4.69, 9.17) is 11.0 Å². The summed E-state index contributed by atoms with van der Waals surface area (Å²) in [6.45, 7) is 4.21. The third-order valence-electron chi connectivity index (χ3n) is 3.58. The highest BCUT2D eigenvalue weighted by Crippen LogP contribution is 2.23. The van der Waals surface area contributed by atoms with Gasteiger partial charge in [0.1, 0.15) is 0 Å². The van der Waals surface area contributed by atoms with Gasteiger partial charge >= 0.3 is 0 Å². The Hall–Kier alpha value is -2.26.